The van der Waals surface area contributed by atoms with E-state index in [9.17, 15) is 4.79 Å². The van der Waals surface area contributed by atoms with Crippen LogP contribution in [0.4, 0.5) is 11.4 Å². The van der Waals surface area contributed by atoms with E-state index in [4.69, 9.17) is 0 Å². The molecule has 1 atom stereocenters. The lowest BCUT2D eigenvalue weighted by atomic mass is 10.1. The monoisotopic (exact) mass is 340 g/mol. The van der Waals surface area contributed by atoms with Gasteiger partial charge in [0.2, 0.25) is 5.91 Å². The Hall–Kier alpha value is -1.94. The van der Waals surface area contributed by atoms with E-state index in [1.54, 1.807) is 11.8 Å². The second-order valence-corrected chi connectivity index (χ2v) is 7.57. The molecule has 126 valence electrons. The molecule has 1 aliphatic heterocycles. The molecule has 0 aliphatic carbocycles. The Labute approximate surface area is 148 Å². The first kappa shape index (κ1) is 16.9. The van der Waals surface area contributed by atoms with Gasteiger partial charge in [-0.15, -0.1) is 11.8 Å². The highest BCUT2D eigenvalue weighted by atomic mass is 32.2. The summed E-state index contributed by atoms with van der Waals surface area (Å²) in [4.78, 5) is 15.9. The Morgan fingerprint density at radius 1 is 1.00 bits per heavy atom. The number of rotatable bonds is 5. The van der Waals surface area contributed by atoms with Crippen LogP contribution in [-0.2, 0) is 4.79 Å². The van der Waals surface area contributed by atoms with Crippen molar-refractivity contribution in [1.29, 1.82) is 0 Å². The molecule has 3 rings (SSSR count). The summed E-state index contributed by atoms with van der Waals surface area (Å²) < 4.78 is 0. The summed E-state index contributed by atoms with van der Waals surface area (Å²) in [7, 11) is 0. The third-order valence-corrected chi connectivity index (χ3v) is 5.39. The second kappa shape index (κ2) is 8.25. The third kappa shape index (κ3) is 4.54. The van der Waals surface area contributed by atoms with Gasteiger partial charge >= 0.3 is 0 Å². The van der Waals surface area contributed by atoms with Gasteiger partial charge < -0.3 is 10.2 Å². The molecule has 0 unspecified atom stereocenters. The number of carbonyl (C=O) groups is 1. The second-order valence-electron chi connectivity index (χ2n) is 6.16. The highest BCUT2D eigenvalue weighted by Crippen LogP contribution is 2.25. The highest BCUT2D eigenvalue weighted by Gasteiger charge is 2.15. The summed E-state index contributed by atoms with van der Waals surface area (Å²) in [6.07, 6.45) is 3.88. The molecule has 1 amide bonds. The predicted octanol–water partition coefficient (Wildman–Crippen LogP) is 4.80. The quantitative estimate of drug-likeness (QED) is 0.794. The minimum Gasteiger partial charge on any atom is -0.372 e. The number of hydrogen-bond donors (Lipinski definition) is 1. The normalized spacial score (nSPS) is 15.8. The maximum atomic E-state index is 12.4. The Kier molecular flexibility index (Phi) is 5.81. The summed E-state index contributed by atoms with van der Waals surface area (Å²) >= 11 is 1.58. The molecule has 4 heteroatoms. The maximum absolute atomic E-state index is 12.4. The van der Waals surface area contributed by atoms with Crippen molar-refractivity contribution in [2.45, 2.75) is 36.3 Å². The number of thioether (sulfide) groups is 1. The molecular weight excluding hydrogens is 316 g/mol. The molecular formula is C20H24N2OS. The van der Waals surface area contributed by atoms with Crippen LogP contribution in [0.2, 0.25) is 0 Å². The predicted molar refractivity (Wildman–Crippen MR) is 103 cm³/mol. The largest absolute Gasteiger partial charge is 0.372 e. The lowest BCUT2D eigenvalue weighted by Crippen LogP contribution is -2.29. The molecule has 0 bridgehead atoms. The number of hydrogen-bond acceptors (Lipinski definition) is 3. The van der Waals surface area contributed by atoms with Gasteiger partial charge in [0.15, 0.2) is 0 Å². The van der Waals surface area contributed by atoms with E-state index in [1.165, 1.54) is 24.9 Å². The van der Waals surface area contributed by atoms with Crippen LogP contribution in [0, 0.1) is 0 Å². The zero-order valence-corrected chi connectivity index (χ0v) is 14.9. The fourth-order valence-corrected chi connectivity index (χ4v) is 3.80. The van der Waals surface area contributed by atoms with Gasteiger partial charge in [0, 0.05) is 29.4 Å². The van der Waals surface area contributed by atoms with E-state index in [0.29, 0.717) is 0 Å². The molecule has 0 spiro atoms. The molecule has 1 saturated heterocycles. The summed E-state index contributed by atoms with van der Waals surface area (Å²) in [5, 5.41) is 2.88. The number of piperidine rings is 1. The summed E-state index contributed by atoms with van der Waals surface area (Å²) in [5.74, 6) is 0.0366. The van der Waals surface area contributed by atoms with Crippen LogP contribution in [0.1, 0.15) is 26.2 Å². The van der Waals surface area contributed by atoms with Crippen molar-refractivity contribution in [3.63, 3.8) is 0 Å². The number of nitrogens with one attached hydrogen (secondary N) is 1. The van der Waals surface area contributed by atoms with Crippen LogP contribution in [0.5, 0.6) is 0 Å². The fourth-order valence-electron chi connectivity index (χ4n) is 2.91. The standard InChI is InChI=1S/C20H24N2OS/c1-16(24-19-8-4-2-5-9-19)20(23)21-17-10-12-18(13-11-17)22-14-6-3-7-15-22/h2,4-5,8-13,16H,3,6-7,14-15H2,1H3,(H,21,23)/t16-/m1/s1. The summed E-state index contributed by atoms with van der Waals surface area (Å²) in [6, 6.07) is 18.2. The number of anilines is 2. The number of nitrogens with zero attached hydrogens (tertiary/aromatic N) is 1. The minimum atomic E-state index is -0.130. The highest BCUT2D eigenvalue weighted by molar-refractivity contribution is 8.00. The van der Waals surface area contributed by atoms with Crippen molar-refractivity contribution in [2.24, 2.45) is 0 Å². The van der Waals surface area contributed by atoms with Crippen molar-refractivity contribution < 1.29 is 4.79 Å². The smallest absolute Gasteiger partial charge is 0.237 e. The molecule has 1 N–H and O–H groups in total. The van der Waals surface area contributed by atoms with Gasteiger partial charge in [-0.3, -0.25) is 4.79 Å². The summed E-state index contributed by atoms with van der Waals surface area (Å²) in [5.41, 5.74) is 2.11. The Bertz CT molecular complexity index is 651. The van der Waals surface area contributed by atoms with Crippen molar-refractivity contribution in [3.05, 3.63) is 54.6 Å². The molecule has 0 saturated carbocycles. The van der Waals surface area contributed by atoms with Crippen molar-refractivity contribution >= 4 is 29.0 Å². The van der Waals surface area contributed by atoms with Crippen molar-refractivity contribution in [3.8, 4) is 0 Å². The van der Waals surface area contributed by atoms with Crippen LogP contribution in [0.3, 0.4) is 0 Å². The molecule has 1 heterocycles. The van der Waals surface area contributed by atoms with Gasteiger partial charge in [-0.1, -0.05) is 18.2 Å². The first-order chi connectivity index (χ1) is 11.7. The molecule has 0 aromatic heterocycles. The number of amides is 1. The van der Waals surface area contributed by atoms with E-state index in [-0.39, 0.29) is 11.2 Å². The SMILES string of the molecule is C[C@@H](Sc1ccccc1)C(=O)Nc1ccc(N2CCCCC2)cc1. The molecule has 1 fully saturated rings. The molecule has 0 radical (unpaired) electrons. The van der Waals surface area contributed by atoms with Crippen LogP contribution < -0.4 is 10.2 Å². The van der Waals surface area contributed by atoms with Gasteiger partial charge in [0.25, 0.3) is 0 Å². The van der Waals surface area contributed by atoms with E-state index < -0.39 is 0 Å². The lowest BCUT2D eigenvalue weighted by Gasteiger charge is -2.28. The van der Waals surface area contributed by atoms with E-state index in [2.05, 4.69) is 22.3 Å². The molecule has 3 nitrogen and oxygen atoms in total. The van der Waals surface area contributed by atoms with Crippen molar-refractivity contribution in [1.82, 2.24) is 0 Å². The van der Waals surface area contributed by atoms with Crippen LogP contribution in [-0.4, -0.2) is 24.2 Å². The van der Waals surface area contributed by atoms with Gasteiger partial charge in [-0.2, -0.15) is 0 Å². The first-order valence-corrected chi connectivity index (χ1v) is 9.48. The molecule has 24 heavy (non-hydrogen) atoms. The van der Waals surface area contributed by atoms with Crippen LogP contribution in [0.25, 0.3) is 0 Å². The summed E-state index contributed by atoms with van der Waals surface area (Å²) in [6.45, 7) is 4.21. The minimum absolute atomic E-state index is 0.0366. The van der Waals surface area contributed by atoms with Gasteiger partial charge in [0.05, 0.1) is 5.25 Å². The average molecular weight is 340 g/mol. The zero-order chi connectivity index (χ0) is 16.8. The van der Waals surface area contributed by atoms with E-state index in [0.717, 1.165) is 23.7 Å². The zero-order valence-electron chi connectivity index (χ0n) is 14.1. The van der Waals surface area contributed by atoms with E-state index >= 15 is 0 Å². The first-order valence-electron chi connectivity index (χ1n) is 8.60. The maximum Gasteiger partial charge on any atom is 0.237 e. The number of carbonyl (C=O) groups excluding carboxylic acids is 1. The van der Waals surface area contributed by atoms with Crippen molar-refractivity contribution in [2.75, 3.05) is 23.3 Å². The Morgan fingerprint density at radius 2 is 1.67 bits per heavy atom. The fraction of sp³-hybridized carbons (Fsp3) is 0.350. The Morgan fingerprint density at radius 3 is 2.33 bits per heavy atom. The molecule has 2 aromatic rings. The number of benzene rings is 2. The van der Waals surface area contributed by atoms with Crippen LogP contribution in [0.15, 0.2) is 59.5 Å². The average Bonchev–Trinajstić information content (AvgIpc) is 2.64. The third-order valence-electron chi connectivity index (χ3n) is 4.28. The van der Waals surface area contributed by atoms with Crippen LogP contribution >= 0.6 is 11.8 Å². The van der Waals surface area contributed by atoms with Gasteiger partial charge in [-0.25, -0.2) is 0 Å². The van der Waals surface area contributed by atoms with Gasteiger partial charge in [-0.05, 0) is 62.6 Å². The lowest BCUT2D eigenvalue weighted by molar-refractivity contribution is -0.115. The van der Waals surface area contributed by atoms with Gasteiger partial charge in [0.1, 0.15) is 0 Å². The molecule has 2 aromatic carbocycles. The molecule has 1 aliphatic rings. The topological polar surface area (TPSA) is 32.3 Å². The van der Waals surface area contributed by atoms with E-state index in [1.807, 2.05) is 49.4 Å². The Balaban J connectivity index is 1.55.